The summed E-state index contributed by atoms with van der Waals surface area (Å²) in [7, 11) is 1.65. The standard InChI is InChI=1S/C13H20N2O/c1-4-15(5-2)13(14)12(16-3)11-9-7-6-8-10-11/h6-10,12,14H,4-5H2,1-3H3. The van der Waals surface area contributed by atoms with Crippen LogP contribution in [0, 0.1) is 5.41 Å². The summed E-state index contributed by atoms with van der Waals surface area (Å²) in [5.41, 5.74) is 1.03. The van der Waals surface area contributed by atoms with Gasteiger partial charge in [0.25, 0.3) is 0 Å². The third kappa shape index (κ3) is 2.83. The summed E-state index contributed by atoms with van der Waals surface area (Å²) in [4.78, 5) is 2.00. The van der Waals surface area contributed by atoms with E-state index in [1.807, 2.05) is 35.2 Å². The van der Waals surface area contributed by atoms with Crippen LogP contribution in [0.4, 0.5) is 0 Å². The van der Waals surface area contributed by atoms with E-state index >= 15 is 0 Å². The zero-order valence-electron chi connectivity index (χ0n) is 10.2. The second-order valence-corrected chi connectivity index (χ2v) is 3.58. The maximum absolute atomic E-state index is 8.14. The molecule has 0 heterocycles. The summed E-state index contributed by atoms with van der Waals surface area (Å²) in [5.74, 6) is 0.527. The lowest BCUT2D eigenvalue weighted by Crippen LogP contribution is -2.35. The number of amidine groups is 1. The number of nitrogens with zero attached hydrogens (tertiary/aromatic N) is 1. The minimum atomic E-state index is -0.263. The van der Waals surface area contributed by atoms with Crippen LogP contribution in [0.3, 0.4) is 0 Å². The molecule has 1 rings (SSSR count). The molecule has 16 heavy (non-hydrogen) atoms. The van der Waals surface area contributed by atoms with Gasteiger partial charge in [0.05, 0.1) is 0 Å². The predicted molar refractivity (Wildman–Crippen MR) is 66.8 cm³/mol. The van der Waals surface area contributed by atoms with E-state index in [-0.39, 0.29) is 6.10 Å². The molecule has 3 nitrogen and oxygen atoms in total. The Morgan fingerprint density at radius 1 is 1.25 bits per heavy atom. The van der Waals surface area contributed by atoms with Gasteiger partial charge in [0.15, 0.2) is 0 Å². The topological polar surface area (TPSA) is 36.3 Å². The summed E-state index contributed by atoms with van der Waals surface area (Å²) in [6, 6.07) is 9.89. The first-order chi connectivity index (χ1) is 7.74. The molecule has 88 valence electrons. The van der Waals surface area contributed by atoms with Crippen molar-refractivity contribution in [2.45, 2.75) is 20.0 Å². The van der Waals surface area contributed by atoms with Crippen LogP contribution < -0.4 is 0 Å². The Labute approximate surface area is 97.5 Å². The molecule has 0 amide bonds. The Hall–Kier alpha value is -1.35. The molecular weight excluding hydrogens is 200 g/mol. The van der Waals surface area contributed by atoms with E-state index in [1.165, 1.54) is 0 Å². The number of nitrogens with one attached hydrogen (secondary N) is 1. The van der Waals surface area contributed by atoms with Crippen molar-refractivity contribution < 1.29 is 4.74 Å². The van der Waals surface area contributed by atoms with Gasteiger partial charge in [0.1, 0.15) is 11.9 Å². The largest absolute Gasteiger partial charge is 0.369 e. The van der Waals surface area contributed by atoms with E-state index in [4.69, 9.17) is 10.1 Å². The summed E-state index contributed by atoms with van der Waals surface area (Å²) in [6.07, 6.45) is -0.263. The molecule has 1 aromatic carbocycles. The Bertz CT molecular complexity index is 320. The molecule has 0 aliphatic heterocycles. The maximum atomic E-state index is 8.14. The molecule has 0 radical (unpaired) electrons. The summed E-state index contributed by atoms with van der Waals surface area (Å²) < 4.78 is 5.42. The normalized spacial score (nSPS) is 12.2. The van der Waals surface area contributed by atoms with Crippen LogP contribution in [0.2, 0.25) is 0 Å². The Morgan fingerprint density at radius 3 is 2.25 bits per heavy atom. The molecule has 1 N–H and O–H groups in total. The first kappa shape index (κ1) is 12.7. The van der Waals surface area contributed by atoms with Crippen molar-refractivity contribution >= 4 is 5.84 Å². The molecule has 0 saturated heterocycles. The molecule has 0 aromatic heterocycles. The van der Waals surface area contributed by atoms with E-state index in [0.29, 0.717) is 5.84 Å². The second-order valence-electron chi connectivity index (χ2n) is 3.58. The van der Waals surface area contributed by atoms with Gasteiger partial charge < -0.3 is 9.64 Å². The summed E-state index contributed by atoms with van der Waals surface area (Å²) >= 11 is 0. The second kappa shape index (κ2) is 6.28. The lowest BCUT2D eigenvalue weighted by atomic mass is 10.1. The van der Waals surface area contributed by atoms with Gasteiger partial charge in [-0.3, -0.25) is 5.41 Å². The highest BCUT2D eigenvalue weighted by Crippen LogP contribution is 2.19. The number of ether oxygens (including phenoxy) is 1. The van der Waals surface area contributed by atoms with E-state index < -0.39 is 0 Å². The molecule has 1 aromatic rings. The fraction of sp³-hybridized carbons (Fsp3) is 0.462. The van der Waals surface area contributed by atoms with Crippen LogP contribution in [-0.2, 0) is 4.74 Å². The number of benzene rings is 1. The molecular formula is C13H20N2O. The zero-order chi connectivity index (χ0) is 12.0. The highest BCUT2D eigenvalue weighted by atomic mass is 16.5. The van der Waals surface area contributed by atoms with Gasteiger partial charge in [0.2, 0.25) is 0 Å². The van der Waals surface area contributed by atoms with Crippen molar-refractivity contribution in [1.82, 2.24) is 4.90 Å². The number of likely N-dealkylation sites (N-methyl/N-ethyl adjacent to an activating group) is 1. The fourth-order valence-corrected chi connectivity index (χ4v) is 1.76. The van der Waals surface area contributed by atoms with E-state index in [9.17, 15) is 0 Å². The van der Waals surface area contributed by atoms with Crippen molar-refractivity contribution in [2.75, 3.05) is 20.2 Å². The van der Waals surface area contributed by atoms with Crippen LogP contribution in [0.5, 0.6) is 0 Å². The lowest BCUT2D eigenvalue weighted by molar-refractivity contribution is 0.144. The quantitative estimate of drug-likeness (QED) is 0.612. The zero-order valence-corrected chi connectivity index (χ0v) is 10.2. The minimum Gasteiger partial charge on any atom is -0.369 e. The van der Waals surface area contributed by atoms with E-state index in [0.717, 1.165) is 18.7 Å². The monoisotopic (exact) mass is 220 g/mol. The van der Waals surface area contributed by atoms with Gasteiger partial charge in [-0.25, -0.2) is 0 Å². The SMILES string of the molecule is CCN(CC)C(=N)C(OC)c1ccccc1. The average molecular weight is 220 g/mol. The number of hydrogen-bond donors (Lipinski definition) is 1. The molecule has 3 heteroatoms. The highest BCUT2D eigenvalue weighted by molar-refractivity contribution is 5.84. The molecule has 0 aliphatic carbocycles. The summed E-state index contributed by atoms with van der Waals surface area (Å²) in [6.45, 7) is 5.77. The van der Waals surface area contributed by atoms with Crippen LogP contribution in [0.15, 0.2) is 30.3 Å². The van der Waals surface area contributed by atoms with Crippen molar-refractivity contribution in [2.24, 2.45) is 0 Å². The van der Waals surface area contributed by atoms with Gasteiger partial charge >= 0.3 is 0 Å². The highest BCUT2D eigenvalue weighted by Gasteiger charge is 2.19. The Balaban J connectivity index is 2.86. The van der Waals surface area contributed by atoms with Crippen molar-refractivity contribution in [3.63, 3.8) is 0 Å². The van der Waals surface area contributed by atoms with Gasteiger partial charge in [-0.1, -0.05) is 30.3 Å². The van der Waals surface area contributed by atoms with Crippen LogP contribution in [-0.4, -0.2) is 30.9 Å². The maximum Gasteiger partial charge on any atom is 0.139 e. The lowest BCUT2D eigenvalue weighted by Gasteiger charge is -2.27. The average Bonchev–Trinajstić information content (AvgIpc) is 2.33. The predicted octanol–water partition coefficient (Wildman–Crippen LogP) is 2.69. The van der Waals surface area contributed by atoms with Gasteiger partial charge in [-0.15, -0.1) is 0 Å². The number of methoxy groups -OCH3 is 1. The Kier molecular flexibility index (Phi) is 4.99. The summed E-state index contributed by atoms with van der Waals surface area (Å²) in [5, 5.41) is 8.14. The number of rotatable bonds is 5. The molecule has 1 atom stereocenters. The molecule has 0 saturated carbocycles. The van der Waals surface area contributed by atoms with Crippen LogP contribution in [0.1, 0.15) is 25.5 Å². The van der Waals surface area contributed by atoms with Crippen molar-refractivity contribution in [1.29, 1.82) is 5.41 Å². The van der Waals surface area contributed by atoms with Gasteiger partial charge in [0, 0.05) is 20.2 Å². The van der Waals surface area contributed by atoms with Crippen LogP contribution in [0.25, 0.3) is 0 Å². The van der Waals surface area contributed by atoms with Gasteiger partial charge in [-0.2, -0.15) is 0 Å². The first-order valence-corrected chi connectivity index (χ1v) is 5.65. The smallest absolute Gasteiger partial charge is 0.139 e. The number of hydrogen-bond acceptors (Lipinski definition) is 2. The molecule has 0 bridgehead atoms. The Morgan fingerprint density at radius 2 is 1.81 bits per heavy atom. The van der Waals surface area contributed by atoms with Crippen LogP contribution >= 0.6 is 0 Å². The van der Waals surface area contributed by atoms with E-state index in [1.54, 1.807) is 7.11 Å². The minimum absolute atomic E-state index is 0.263. The molecule has 0 fully saturated rings. The van der Waals surface area contributed by atoms with Crippen molar-refractivity contribution in [3.8, 4) is 0 Å². The van der Waals surface area contributed by atoms with E-state index in [2.05, 4.69) is 13.8 Å². The third-order valence-electron chi connectivity index (χ3n) is 2.69. The van der Waals surface area contributed by atoms with Crippen molar-refractivity contribution in [3.05, 3.63) is 35.9 Å². The first-order valence-electron chi connectivity index (χ1n) is 5.65. The molecule has 0 aliphatic rings. The van der Waals surface area contributed by atoms with Gasteiger partial charge in [-0.05, 0) is 19.4 Å². The fourth-order valence-electron chi connectivity index (χ4n) is 1.76. The molecule has 0 spiro atoms. The third-order valence-corrected chi connectivity index (χ3v) is 2.69. The molecule has 1 unspecified atom stereocenters.